The zero-order valence-corrected chi connectivity index (χ0v) is 27.0. The Bertz CT molecular complexity index is 1480. The number of Topliss-reactive ketones (excluding diaryl/α,β-unsaturated/α-hetero) is 6. The Morgan fingerprint density at radius 1 is 1.00 bits per heavy atom. The summed E-state index contributed by atoms with van der Waals surface area (Å²) in [6, 6.07) is 1.88. The van der Waals surface area contributed by atoms with Crippen molar-refractivity contribution in [3.63, 3.8) is 0 Å². The molecule has 0 radical (unpaired) electrons. The predicted molar refractivity (Wildman–Crippen MR) is 162 cm³/mol. The largest absolute Gasteiger partial charge is 0.507 e. The van der Waals surface area contributed by atoms with Gasteiger partial charge in [-0.25, -0.2) is 0 Å². The van der Waals surface area contributed by atoms with Gasteiger partial charge >= 0.3 is 0 Å². The van der Waals surface area contributed by atoms with Gasteiger partial charge in [0.05, 0.1) is 11.5 Å². The molecule has 1 aromatic rings. The Kier molecular flexibility index (Phi) is 7.96. The van der Waals surface area contributed by atoms with Gasteiger partial charge in [0.15, 0.2) is 28.7 Å². The lowest BCUT2D eigenvalue weighted by atomic mass is 9.39. The second kappa shape index (κ2) is 10.8. The van der Waals surface area contributed by atoms with E-state index in [1.165, 1.54) is 0 Å². The molecular weight excluding hydrogens is 560 g/mol. The normalized spacial score (nSPS) is 33.9. The summed E-state index contributed by atoms with van der Waals surface area (Å²) in [5, 5.41) is 23.8. The molecule has 0 amide bonds. The van der Waals surface area contributed by atoms with E-state index in [1.54, 1.807) is 27.7 Å². The summed E-state index contributed by atoms with van der Waals surface area (Å²) in [5.41, 5.74) is -3.35. The van der Waals surface area contributed by atoms with Crippen molar-refractivity contribution in [2.24, 2.45) is 40.4 Å². The smallest absolute Gasteiger partial charge is 0.190 e. The Labute approximate surface area is 259 Å². The number of fused-ring (bicyclic) bond motifs is 3. The Morgan fingerprint density at radius 3 is 2.16 bits per heavy atom. The van der Waals surface area contributed by atoms with Gasteiger partial charge in [-0.2, -0.15) is 0 Å². The molecule has 1 aromatic carbocycles. The van der Waals surface area contributed by atoms with Crippen LogP contribution in [0.3, 0.4) is 0 Å². The van der Waals surface area contributed by atoms with E-state index < -0.39 is 69.0 Å². The van der Waals surface area contributed by atoms with Crippen molar-refractivity contribution >= 4 is 34.7 Å². The molecule has 0 aliphatic heterocycles. The summed E-state index contributed by atoms with van der Waals surface area (Å²) >= 11 is 0. The lowest BCUT2D eigenvalue weighted by Crippen LogP contribution is -2.76. The first-order valence-electron chi connectivity index (χ1n) is 16.2. The SMILES string of the molecule is CC(=O)C1C(=O)C(C(C)C)[C@@]2(C)C[C@@]3(C)Cc4c(C(C)C)cc(CCC(=O)C5CCCC5)c(O)c4C(=O)C3C(=O)[C@@]2(O)C1=O. The Hall–Kier alpha value is -3.00. The molecule has 0 saturated heterocycles. The van der Waals surface area contributed by atoms with Crippen LogP contribution in [-0.2, 0) is 36.8 Å². The van der Waals surface area contributed by atoms with Crippen LogP contribution in [0.4, 0.5) is 0 Å². The fourth-order valence-electron chi connectivity index (χ4n) is 9.71. The van der Waals surface area contributed by atoms with Crippen molar-refractivity contribution < 1.29 is 39.0 Å². The van der Waals surface area contributed by atoms with Crippen LogP contribution in [-0.4, -0.2) is 50.5 Å². The molecule has 44 heavy (non-hydrogen) atoms. The molecular formula is C36H46O8. The van der Waals surface area contributed by atoms with Crippen LogP contribution < -0.4 is 0 Å². The third-order valence-corrected chi connectivity index (χ3v) is 11.6. The summed E-state index contributed by atoms with van der Waals surface area (Å²) in [4.78, 5) is 82.0. The average molecular weight is 607 g/mol. The van der Waals surface area contributed by atoms with E-state index in [1.807, 2.05) is 19.9 Å². The van der Waals surface area contributed by atoms with Crippen molar-refractivity contribution in [3.05, 3.63) is 28.3 Å². The molecule has 8 heteroatoms. The average Bonchev–Trinajstić information content (AvgIpc) is 3.45. The van der Waals surface area contributed by atoms with E-state index >= 15 is 0 Å². The highest BCUT2D eigenvalue weighted by molar-refractivity contribution is 6.32. The number of phenolic OH excluding ortho intramolecular Hbond substituents is 1. The highest BCUT2D eigenvalue weighted by atomic mass is 16.3. The Morgan fingerprint density at radius 2 is 1.61 bits per heavy atom. The summed E-state index contributed by atoms with van der Waals surface area (Å²) in [5.74, 6) is -8.81. The molecule has 3 unspecified atom stereocenters. The number of hydrogen-bond donors (Lipinski definition) is 2. The van der Waals surface area contributed by atoms with E-state index in [9.17, 15) is 39.0 Å². The number of phenols is 1. The second-order valence-corrected chi connectivity index (χ2v) is 15.3. The number of aliphatic hydroxyl groups is 1. The van der Waals surface area contributed by atoms with Crippen LogP contribution >= 0.6 is 0 Å². The molecule has 4 aliphatic carbocycles. The maximum absolute atomic E-state index is 14.5. The summed E-state index contributed by atoms with van der Waals surface area (Å²) < 4.78 is 0. The fourth-order valence-corrected chi connectivity index (χ4v) is 9.71. The molecule has 0 aromatic heterocycles. The van der Waals surface area contributed by atoms with Gasteiger partial charge in [-0.05, 0) is 73.0 Å². The molecule has 2 N–H and O–H groups in total. The summed E-state index contributed by atoms with van der Waals surface area (Å²) in [6.07, 6.45) is 4.58. The zero-order valence-electron chi connectivity index (χ0n) is 27.0. The van der Waals surface area contributed by atoms with Gasteiger partial charge in [0.2, 0.25) is 0 Å². The molecule has 238 valence electrons. The zero-order chi connectivity index (χ0) is 32.7. The third kappa shape index (κ3) is 4.41. The number of hydrogen-bond acceptors (Lipinski definition) is 8. The van der Waals surface area contributed by atoms with Crippen LogP contribution in [0.5, 0.6) is 5.75 Å². The quantitative estimate of drug-likeness (QED) is 0.417. The maximum atomic E-state index is 14.5. The van der Waals surface area contributed by atoms with Crippen molar-refractivity contribution in [1.29, 1.82) is 0 Å². The van der Waals surface area contributed by atoms with Crippen molar-refractivity contribution in [3.8, 4) is 5.75 Å². The molecule has 0 heterocycles. The molecule has 3 saturated carbocycles. The van der Waals surface area contributed by atoms with E-state index in [2.05, 4.69) is 0 Å². The number of rotatable bonds is 7. The number of aromatic hydroxyl groups is 1. The topological polar surface area (TPSA) is 143 Å². The monoisotopic (exact) mass is 606 g/mol. The Balaban J connectivity index is 1.64. The number of carbonyl (C=O) groups is 6. The lowest BCUT2D eigenvalue weighted by Gasteiger charge is -2.62. The first-order chi connectivity index (χ1) is 20.4. The second-order valence-electron chi connectivity index (χ2n) is 15.3. The van der Waals surface area contributed by atoms with Crippen LogP contribution in [0.15, 0.2) is 6.07 Å². The van der Waals surface area contributed by atoms with Gasteiger partial charge in [-0.3, -0.25) is 28.8 Å². The molecule has 6 atom stereocenters. The van der Waals surface area contributed by atoms with Crippen LogP contribution in [0.2, 0.25) is 0 Å². The highest BCUT2D eigenvalue weighted by Gasteiger charge is 2.76. The van der Waals surface area contributed by atoms with Gasteiger partial charge in [-0.15, -0.1) is 0 Å². The van der Waals surface area contributed by atoms with Gasteiger partial charge in [-0.1, -0.05) is 60.5 Å². The number of carbonyl (C=O) groups excluding carboxylic acids is 6. The minimum atomic E-state index is -2.72. The van der Waals surface area contributed by atoms with Crippen LogP contribution in [0, 0.1) is 40.4 Å². The van der Waals surface area contributed by atoms with Gasteiger partial charge in [0.25, 0.3) is 0 Å². The standard InChI is InChI=1S/C36H46O8/c1-17(2)22-14-21(12-13-24(38)20-10-8-9-11-20)29(39)26-23(22)15-34(6)16-35(7)27(18(3)4)30(40)25(19(5)37)32(42)36(35,44)33(43)28(34)31(26)41/h14,17-18,20,25,27-28,39,44H,8-13,15-16H2,1-7H3/t25?,27?,28?,34-,35-,36+/m1/s1. The first-order valence-corrected chi connectivity index (χ1v) is 16.2. The van der Waals surface area contributed by atoms with Crippen molar-refractivity contribution in [1.82, 2.24) is 0 Å². The minimum Gasteiger partial charge on any atom is -0.507 e. The molecule has 5 rings (SSSR count). The fraction of sp³-hybridized carbons (Fsp3) is 0.667. The van der Waals surface area contributed by atoms with E-state index in [0.29, 0.717) is 11.1 Å². The highest BCUT2D eigenvalue weighted by Crippen LogP contribution is 2.64. The summed E-state index contributed by atoms with van der Waals surface area (Å²) in [7, 11) is 0. The lowest BCUT2D eigenvalue weighted by molar-refractivity contribution is -0.205. The summed E-state index contributed by atoms with van der Waals surface area (Å²) in [6.45, 7) is 12.0. The first kappa shape index (κ1) is 32.4. The maximum Gasteiger partial charge on any atom is 0.190 e. The van der Waals surface area contributed by atoms with Gasteiger partial charge in [0, 0.05) is 23.7 Å². The number of aryl methyl sites for hydroxylation is 1. The molecule has 8 nitrogen and oxygen atoms in total. The molecule has 0 spiro atoms. The van der Waals surface area contributed by atoms with Gasteiger partial charge < -0.3 is 10.2 Å². The van der Waals surface area contributed by atoms with E-state index in [-0.39, 0.29) is 54.6 Å². The van der Waals surface area contributed by atoms with Crippen molar-refractivity contribution in [2.45, 2.75) is 111 Å². The number of benzene rings is 1. The predicted octanol–water partition coefficient (Wildman–Crippen LogP) is 4.91. The minimum absolute atomic E-state index is 0.0189. The van der Waals surface area contributed by atoms with Crippen molar-refractivity contribution in [2.75, 3.05) is 0 Å². The third-order valence-electron chi connectivity index (χ3n) is 11.6. The van der Waals surface area contributed by atoms with Gasteiger partial charge in [0.1, 0.15) is 23.2 Å². The van der Waals surface area contributed by atoms with Crippen LogP contribution in [0.1, 0.15) is 120 Å². The number of ketones is 6. The van der Waals surface area contributed by atoms with Crippen LogP contribution in [0.25, 0.3) is 0 Å². The molecule has 4 aliphatic rings. The van der Waals surface area contributed by atoms with E-state index in [0.717, 1.165) is 38.2 Å². The molecule has 3 fully saturated rings. The molecule has 0 bridgehead atoms. The van der Waals surface area contributed by atoms with E-state index in [4.69, 9.17) is 0 Å².